The molecule has 0 saturated carbocycles. The number of aliphatic imine (C=N–C) groups is 1. The van der Waals surface area contributed by atoms with Gasteiger partial charge in [-0.2, -0.15) is 0 Å². The van der Waals surface area contributed by atoms with Gasteiger partial charge in [-0.25, -0.2) is 9.98 Å². The van der Waals surface area contributed by atoms with Crippen LogP contribution in [0, 0.1) is 6.92 Å². The van der Waals surface area contributed by atoms with Gasteiger partial charge in [0.25, 0.3) is 0 Å². The van der Waals surface area contributed by atoms with Crippen LogP contribution in [0.25, 0.3) is 5.70 Å². The smallest absolute Gasteiger partial charge is 0.157 e. The van der Waals surface area contributed by atoms with Gasteiger partial charge in [-0.1, -0.05) is 6.58 Å². The summed E-state index contributed by atoms with van der Waals surface area (Å²) < 4.78 is 5.92. The van der Waals surface area contributed by atoms with Crippen molar-refractivity contribution in [2.75, 3.05) is 6.61 Å². The summed E-state index contributed by atoms with van der Waals surface area (Å²) in [6.45, 7) is 6.84. The van der Waals surface area contributed by atoms with E-state index in [0.29, 0.717) is 14.8 Å². The average Bonchev–Trinajstić information content (AvgIpc) is 3.13. The third kappa shape index (κ3) is 4.09. The Morgan fingerprint density at radius 1 is 1.19 bits per heavy atom. The molecule has 3 aromatic rings. The Morgan fingerprint density at radius 2 is 2.04 bits per heavy atom. The van der Waals surface area contributed by atoms with Crippen LogP contribution in [0.15, 0.2) is 60.1 Å². The second kappa shape index (κ2) is 7.77. The van der Waals surface area contributed by atoms with Crippen molar-refractivity contribution in [3.63, 3.8) is 0 Å². The largest absolute Gasteiger partial charge is 0.494 e. The Labute approximate surface area is 160 Å². The number of aromatic nitrogens is 2. The number of nitrogens with zero attached hydrogens (tertiary/aromatic N) is 3. The van der Waals surface area contributed by atoms with Gasteiger partial charge in [0.05, 0.1) is 17.7 Å². The van der Waals surface area contributed by atoms with E-state index in [1.165, 1.54) is 5.56 Å². The predicted molar refractivity (Wildman–Crippen MR) is 111 cm³/mol. The molecule has 4 rings (SSSR count). The first-order valence-electron chi connectivity index (χ1n) is 8.92. The van der Waals surface area contributed by atoms with Crippen molar-refractivity contribution in [2.24, 2.45) is 4.99 Å². The SMILES string of the molecule is C=C1NC(c2c[pH]c(C)n2)=Nc2ccc(OCCCc3ccncc3)cc21. The quantitative estimate of drug-likeness (QED) is 0.645. The minimum Gasteiger partial charge on any atom is -0.494 e. The lowest BCUT2D eigenvalue weighted by Crippen LogP contribution is -2.25. The average molecular weight is 376 g/mol. The van der Waals surface area contributed by atoms with Crippen molar-refractivity contribution in [3.8, 4) is 5.75 Å². The van der Waals surface area contributed by atoms with Crippen molar-refractivity contribution in [1.82, 2.24) is 15.3 Å². The molecule has 0 fully saturated rings. The molecule has 1 unspecified atom stereocenters. The second-order valence-corrected chi connectivity index (χ2v) is 7.72. The highest BCUT2D eigenvalue weighted by molar-refractivity contribution is 7.30. The number of hydrogen-bond acceptors (Lipinski definition) is 5. The topological polar surface area (TPSA) is 59.4 Å². The Balaban J connectivity index is 1.42. The fourth-order valence-electron chi connectivity index (χ4n) is 2.98. The van der Waals surface area contributed by atoms with Gasteiger partial charge >= 0.3 is 0 Å². The number of ether oxygens (including phenoxy) is 1. The highest BCUT2D eigenvalue weighted by atomic mass is 31.0. The van der Waals surface area contributed by atoms with Crippen molar-refractivity contribution < 1.29 is 4.74 Å². The minimum atomic E-state index is 0.633. The van der Waals surface area contributed by atoms with E-state index in [2.05, 4.69) is 27.7 Å². The number of rotatable bonds is 6. The Morgan fingerprint density at radius 3 is 2.81 bits per heavy atom. The molecule has 3 heterocycles. The van der Waals surface area contributed by atoms with Crippen LogP contribution in [0.2, 0.25) is 0 Å². The molecule has 1 aromatic carbocycles. The van der Waals surface area contributed by atoms with Crippen LogP contribution in [-0.4, -0.2) is 22.4 Å². The maximum atomic E-state index is 5.92. The number of amidine groups is 1. The van der Waals surface area contributed by atoms with E-state index in [1.807, 2.05) is 49.6 Å². The lowest BCUT2D eigenvalue weighted by Gasteiger charge is -2.20. The molecule has 1 N–H and O–H groups in total. The van der Waals surface area contributed by atoms with Gasteiger partial charge in [0.1, 0.15) is 11.4 Å². The number of fused-ring (bicyclic) bond motifs is 1. The molecule has 0 saturated heterocycles. The van der Waals surface area contributed by atoms with Gasteiger partial charge in [-0.3, -0.25) is 4.98 Å². The summed E-state index contributed by atoms with van der Waals surface area (Å²) in [6.07, 6.45) is 5.57. The zero-order chi connectivity index (χ0) is 18.6. The van der Waals surface area contributed by atoms with E-state index in [-0.39, 0.29) is 0 Å². The molecule has 0 spiro atoms. The standard InChI is InChI=1S/C21H21N4OP/c1-14-18-12-17(26-11-3-4-16-7-9-22-10-8-16)5-6-19(18)25-21(23-14)20-13-27-15(2)24-20/h5-10,12-13,27H,1,3-4,11H2,2H3,(H,23,25). The number of benzene rings is 1. The molecule has 136 valence electrons. The highest BCUT2D eigenvalue weighted by Crippen LogP contribution is 2.32. The molecule has 5 nitrogen and oxygen atoms in total. The monoisotopic (exact) mass is 376 g/mol. The first-order chi connectivity index (χ1) is 13.2. The Bertz CT molecular complexity index is 994. The van der Waals surface area contributed by atoms with Crippen LogP contribution in [0.5, 0.6) is 5.75 Å². The predicted octanol–water partition coefficient (Wildman–Crippen LogP) is 4.48. The molecule has 1 aliphatic rings. The second-order valence-electron chi connectivity index (χ2n) is 6.42. The van der Waals surface area contributed by atoms with Crippen molar-refractivity contribution in [3.05, 3.63) is 77.3 Å². The molecule has 0 amide bonds. The van der Waals surface area contributed by atoms with Crippen molar-refractivity contribution >= 4 is 25.4 Å². The molecule has 6 heteroatoms. The normalized spacial score (nSPS) is 13.2. The Hall–Kier alpha value is -2.91. The molecule has 1 atom stereocenters. The van der Waals surface area contributed by atoms with Gasteiger partial charge in [0.15, 0.2) is 5.84 Å². The minimum absolute atomic E-state index is 0.633. The van der Waals surface area contributed by atoms with Gasteiger partial charge in [0, 0.05) is 23.7 Å². The molecule has 27 heavy (non-hydrogen) atoms. The summed E-state index contributed by atoms with van der Waals surface area (Å²) in [5, 5.41) is 3.27. The van der Waals surface area contributed by atoms with E-state index in [0.717, 1.165) is 52.5 Å². The maximum absolute atomic E-state index is 5.92. The summed E-state index contributed by atoms with van der Waals surface area (Å²) >= 11 is 0. The highest BCUT2D eigenvalue weighted by Gasteiger charge is 2.18. The van der Waals surface area contributed by atoms with Gasteiger partial charge in [-0.15, -0.1) is 8.19 Å². The van der Waals surface area contributed by atoms with Crippen molar-refractivity contribution in [1.29, 1.82) is 0 Å². The lowest BCUT2D eigenvalue weighted by atomic mass is 10.1. The molecule has 0 aliphatic carbocycles. The number of hydrogen-bond donors (Lipinski definition) is 1. The number of pyridine rings is 1. The van der Waals surface area contributed by atoms with E-state index in [1.54, 1.807) is 0 Å². The number of aryl methyl sites for hydroxylation is 2. The van der Waals surface area contributed by atoms with Gasteiger partial charge in [-0.05, 0) is 61.5 Å². The summed E-state index contributed by atoms with van der Waals surface area (Å²) in [5.41, 5.74) is 5.98. The van der Waals surface area contributed by atoms with Crippen LogP contribution in [0.3, 0.4) is 0 Å². The van der Waals surface area contributed by atoms with Gasteiger partial charge < -0.3 is 10.1 Å². The first kappa shape index (κ1) is 17.5. The molecule has 2 aromatic heterocycles. The van der Waals surface area contributed by atoms with Crippen LogP contribution in [0.1, 0.15) is 28.7 Å². The van der Waals surface area contributed by atoms with Crippen LogP contribution in [0.4, 0.5) is 5.69 Å². The Kier molecular flexibility index (Phi) is 5.03. The van der Waals surface area contributed by atoms with Gasteiger partial charge in [0.2, 0.25) is 0 Å². The summed E-state index contributed by atoms with van der Waals surface area (Å²) in [6, 6.07) is 10.0. The van der Waals surface area contributed by atoms with Crippen LogP contribution < -0.4 is 10.1 Å². The summed E-state index contributed by atoms with van der Waals surface area (Å²) in [7, 11) is 0.633. The third-order valence-electron chi connectivity index (χ3n) is 4.37. The fraction of sp³-hybridized carbons (Fsp3) is 0.190. The van der Waals surface area contributed by atoms with E-state index in [9.17, 15) is 0 Å². The molecule has 0 bridgehead atoms. The summed E-state index contributed by atoms with van der Waals surface area (Å²) in [5.74, 6) is 3.71. The van der Waals surface area contributed by atoms with Crippen LogP contribution in [-0.2, 0) is 6.42 Å². The fourth-order valence-corrected chi connectivity index (χ4v) is 3.71. The van der Waals surface area contributed by atoms with Crippen LogP contribution >= 0.6 is 8.19 Å². The lowest BCUT2D eigenvalue weighted by molar-refractivity contribution is 0.311. The van der Waals surface area contributed by atoms with E-state index < -0.39 is 0 Å². The third-order valence-corrected chi connectivity index (χ3v) is 5.32. The molecular weight excluding hydrogens is 355 g/mol. The molecule has 0 radical (unpaired) electrons. The molecular formula is C21H21N4OP. The number of nitrogens with one attached hydrogen (secondary N) is 1. The first-order valence-corrected chi connectivity index (χ1v) is 10.00. The summed E-state index contributed by atoms with van der Waals surface area (Å²) in [4.78, 5) is 13.3. The maximum Gasteiger partial charge on any atom is 0.157 e. The molecule has 1 aliphatic heterocycles. The zero-order valence-corrected chi connectivity index (χ0v) is 16.2. The van der Waals surface area contributed by atoms with E-state index in [4.69, 9.17) is 9.73 Å². The zero-order valence-electron chi connectivity index (χ0n) is 15.2. The van der Waals surface area contributed by atoms with Crippen molar-refractivity contribution in [2.45, 2.75) is 19.8 Å². The van der Waals surface area contributed by atoms with E-state index >= 15 is 0 Å².